The fraction of sp³-hybridized carbons (Fsp3) is 0.562. The number of nitrogens with zero attached hydrogens (tertiary/aromatic N) is 6. The van der Waals surface area contributed by atoms with Gasteiger partial charge in [0.1, 0.15) is 5.52 Å². The van der Waals surface area contributed by atoms with Gasteiger partial charge in [0.05, 0.1) is 11.7 Å². The van der Waals surface area contributed by atoms with Crippen LogP contribution in [-0.4, -0.2) is 70.7 Å². The maximum absolute atomic E-state index is 12.2. The minimum absolute atomic E-state index is 0.0446. The van der Waals surface area contributed by atoms with Crippen molar-refractivity contribution in [3.63, 3.8) is 0 Å². The number of likely N-dealkylation sites (N-methyl/N-ethyl adjacent to an activating group) is 1. The molecule has 124 valence electrons. The van der Waals surface area contributed by atoms with Crippen LogP contribution in [0.4, 0.5) is 10.6 Å². The molecule has 3 heterocycles. The number of aromatic nitrogens is 3. The minimum atomic E-state index is 0.0446. The second kappa shape index (κ2) is 6.06. The Labute approximate surface area is 136 Å². The second-order valence-electron chi connectivity index (χ2n) is 6.40. The van der Waals surface area contributed by atoms with Gasteiger partial charge in [-0.3, -0.25) is 0 Å². The lowest BCUT2D eigenvalue weighted by atomic mass is 10.0. The zero-order chi connectivity index (χ0) is 16.6. The first-order chi connectivity index (χ1) is 11.0. The predicted octanol–water partition coefficient (Wildman–Crippen LogP) is 1.62. The lowest BCUT2D eigenvalue weighted by Gasteiger charge is -2.39. The molecule has 1 atom stereocenters. The predicted molar refractivity (Wildman–Crippen MR) is 89.8 cm³/mol. The molecule has 1 fully saturated rings. The van der Waals surface area contributed by atoms with E-state index in [-0.39, 0.29) is 12.1 Å². The van der Waals surface area contributed by atoms with Crippen LogP contribution >= 0.6 is 0 Å². The molecular weight excluding hydrogens is 292 g/mol. The Bertz CT molecular complexity index is 710. The van der Waals surface area contributed by atoms with E-state index in [1.54, 1.807) is 25.2 Å². The van der Waals surface area contributed by atoms with Gasteiger partial charge in [-0.05, 0) is 25.8 Å². The Balaban J connectivity index is 1.84. The van der Waals surface area contributed by atoms with Crippen molar-refractivity contribution < 1.29 is 4.79 Å². The Morgan fingerprint density at radius 2 is 2.13 bits per heavy atom. The van der Waals surface area contributed by atoms with Crippen LogP contribution in [0.1, 0.15) is 18.5 Å². The summed E-state index contributed by atoms with van der Waals surface area (Å²) < 4.78 is 1.87. The summed E-state index contributed by atoms with van der Waals surface area (Å²) in [6.07, 6.45) is 5.72. The molecule has 0 saturated carbocycles. The van der Waals surface area contributed by atoms with Crippen molar-refractivity contribution in [2.45, 2.75) is 25.8 Å². The lowest BCUT2D eigenvalue weighted by molar-refractivity contribution is 0.157. The first-order valence-corrected chi connectivity index (χ1v) is 7.97. The lowest BCUT2D eigenvalue weighted by Crippen LogP contribution is -2.51. The smallest absolute Gasteiger partial charge is 0.319 e. The molecule has 1 unspecified atom stereocenters. The molecule has 0 aromatic carbocycles. The number of amides is 2. The standard InChI is InChI=1S/C16H24N6O/c1-12-10-14-15(17-7-9-22(14)18-12)21-8-5-6-13(11-21)20(4)16(23)19(2)3/h7,9-10,13H,5-6,8,11H2,1-4H3. The molecule has 1 aliphatic heterocycles. The number of hydrogen-bond acceptors (Lipinski definition) is 4. The van der Waals surface area contributed by atoms with Crippen LogP contribution in [0.3, 0.4) is 0 Å². The molecule has 1 aliphatic rings. The third kappa shape index (κ3) is 2.95. The Morgan fingerprint density at radius 3 is 2.87 bits per heavy atom. The third-order valence-corrected chi connectivity index (χ3v) is 4.42. The number of rotatable bonds is 2. The third-order valence-electron chi connectivity index (χ3n) is 4.42. The summed E-state index contributed by atoms with van der Waals surface area (Å²) in [6.45, 7) is 3.74. The van der Waals surface area contributed by atoms with E-state index in [0.717, 1.165) is 43.0 Å². The van der Waals surface area contributed by atoms with Gasteiger partial charge in [-0.2, -0.15) is 5.10 Å². The van der Waals surface area contributed by atoms with E-state index in [0.29, 0.717) is 0 Å². The van der Waals surface area contributed by atoms with Crippen LogP contribution < -0.4 is 4.90 Å². The summed E-state index contributed by atoms with van der Waals surface area (Å²) in [5.41, 5.74) is 2.00. The van der Waals surface area contributed by atoms with Crippen molar-refractivity contribution in [2.75, 3.05) is 39.1 Å². The van der Waals surface area contributed by atoms with Crippen molar-refractivity contribution in [1.29, 1.82) is 0 Å². The molecule has 0 aliphatic carbocycles. The Kier molecular flexibility index (Phi) is 4.11. The van der Waals surface area contributed by atoms with Crippen LogP contribution in [0.5, 0.6) is 0 Å². The summed E-state index contributed by atoms with van der Waals surface area (Å²) in [5, 5.41) is 4.45. The average Bonchev–Trinajstić information content (AvgIpc) is 2.93. The van der Waals surface area contributed by atoms with Gasteiger partial charge in [-0.25, -0.2) is 14.3 Å². The quantitative estimate of drug-likeness (QED) is 0.845. The first-order valence-electron chi connectivity index (χ1n) is 7.97. The molecule has 7 nitrogen and oxygen atoms in total. The summed E-state index contributed by atoms with van der Waals surface area (Å²) in [5.74, 6) is 0.948. The maximum Gasteiger partial charge on any atom is 0.319 e. The van der Waals surface area contributed by atoms with Crippen molar-refractivity contribution >= 4 is 17.4 Å². The second-order valence-corrected chi connectivity index (χ2v) is 6.40. The molecule has 7 heteroatoms. The highest BCUT2D eigenvalue weighted by Gasteiger charge is 2.28. The summed E-state index contributed by atoms with van der Waals surface area (Å²) in [6, 6.07) is 2.30. The summed E-state index contributed by atoms with van der Waals surface area (Å²) >= 11 is 0. The molecule has 2 aromatic heterocycles. The number of anilines is 1. The van der Waals surface area contributed by atoms with E-state index >= 15 is 0 Å². The number of piperidine rings is 1. The van der Waals surface area contributed by atoms with Crippen LogP contribution in [0.25, 0.3) is 5.52 Å². The van der Waals surface area contributed by atoms with Gasteiger partial charge >= 0.3 is 6.03 Å². The van der Waals surface area contributed by atoms with Crippen LogP contribution in [0.15, 0.2) is 18.5 Å². The van der Waals surface area contributed by atoms with Gasteiger partial charge in [0.15, 0.2) is 5.82 Å². The zero-order valence-electron chi connectivity index (χ0n) is 14.2. The number of aryl methyl sites for hydroxylation is 1. The van der Waals surface area contributed by atoms with E-state index in [1.165, 1.54) is 0 Å². The van der Waals surface area contributed by atoms with E-state index in [4.69, 9.17) is 0 Å². The van der Waals surface area contributed by atoms with E-state index in [1.807, 2.05) is 29.6 Å². The van der Waals surface area contributed by atoms with Crippen LogP contribution in [-0.2, 0) is 0 Å². The molecule has 1 saturated heterocycles. The van der Waals surface area contributed by atoms with Gasteiger partial charge < -0.3 is 14.7 Å². The van der Waals surface area contributed by atoms with Gasteiger partial charge in [-0.1, -0.05) is 0 Å². The molecule has 0 N–H and O–H groups in total. The highest BCUT2D eigenvalue weighted by molar-refractivity contribution is 5.74. The largest absolute Gasteiger partial charge is 0.353 e. The normalized spacial score (nSPS) is 18.3. The molecule has 0 spiro atoms. The van der Waals surface area contributed by atoms with Crippen molar-refractivity contribution in [2.24, 2.45) is 0 Å². The minimum Gasteiger partial charge on any atom is -0.353 e. The van der Waals surface area contributed by atoms with Gasteiger partial charge in [-0.15, -0.1) is 0 Å². The maximum atomic E-state index is 12.2. The number of carbonyl (C=O) groups is 1. The van der Waals surface area contributed by atoms with E-state index in [2.05, 4.69) is 21.0 Å². The van der Waals surface area contributed by atoms with Gasteiger partial charge in [0, 0.05) is 46.6 Å². The Hall–Kier alpha value is -2.31. The van der Waals surface area contributed by atoms with E-state index in [9.17, 15) is 4.79 Å². The monoisotopic (exact) mass is 316 g/mol. The summed E-state index contributed by atoms with van der Waals surface area (Å²) in [7, 11) is 5.46. The zero-order valence-corrected chi connectivity index (χ0v) is 14.2. The number of urea groups is 1. The first kappa shape index (κ1) is 15.6. The number of fused-ring (bicyclic) bond motifs is 1. The number of carbonyl (C=O) groups excluding carboxylic acids is 1. The summed E-state index contributed by atoms with van der Waals surface area (Å²) in [4.78, 5) is 22.5. The highest BCUT2D eigenvalue weighted by Crippen LogP contribution is 2.25. The van der Waals surface area contributed by atoms with Crippen molar-refractivity contribution in [3.8, 4) is 0 Å². The molecule has 0 radical (unpaired) electrons. The molecule has 2 aromatic rings. The molecule has 23 heavy (non-hydrogen) atoms. The topological polar surface area (TPSA) is 57.0 Å². The van der Waals surface area contributed by atoms with E-state index < -0.39 is 0 Å². The van der Waals surface area contributed by atoms with Crippen molar-refractivity contribution in [3.05, 3.63) is 24.2 Å². The molecule has 3 rings (SSSR count). The highest BCUT2D eigenvalue weighted by atomic mass is 16.2. The van der Waals surface area contributed by atoms with Crippen molar-refractivity contribution in [1.82, 2.24) is 24.4 Å². The molecule has 2 amide bonds. The Morgan fingerprint density at radius 1 is 1.35 bits per heavy atom. The van der Waals surface area contributed by atoms with Gasteiger partial charge in [0.25, 0.3) is 0 Å². The SMILES string of the molecule is Cc1cc2c(N3CCCC(N(C)C(=O)N(C)C)C3)nccn2n1. The molecule has 0 bridgehead atoms. The fourth-order valence-electron chi connectivity index (χ4n) is 3.21. The van der Waals surface area contributed by atoms with Crippen LogP contribution in [0.2, 0.25) is 0 Å². The molecular formula is C16H24N6O. The van der Waals surface area contributed by atoms with Gasteiger partial charge in [0.2, 0.25) is 0 Å². The van der Waals surface area contributed by atoms with Crippen LogP contribution in [0, 0.1) is 6.92 Å². The fourth-order valence-corrected chi connectivity index (χ4v) is 3.21. The average molecular weight is 316 g/mol. The number of hydrogen-bond donors (Lipinski definition) is 0.